The smallest absolute Gasteiger partial charge is 0.158 e. The molecule has 2 rings (SSSR count). The predicted molar refractivity (Wildman–Crippen MR) is 65.8 cm³/mol. The van der Waals surface area contributed by atoms with Crippen LogP contribution in [0, 0.1) is 5.82 Å². The van der Waals surface area contributed by atoms with E-state index in [1.54, 1.807) is 18.5 Å². The van der Waals surface area contributed by atoms with Crippen LogP contribution in [0.2, 0.25) is 0 Å². The van der Waals surface area contributed by atoms with E-state index in [1.165, 1.54) is 23.9 Å². The highest BCUT2D eigenvalue weighted by molar-refractivity contribution is 7.98. The van der Waals surface area contributed by atoms with Gasteiger partial charge in [0.15, 0.2) is 5.82 Å². The van der Waals surface area contributed by atoms with Gasteiger partial charge in [-0.1, -0.05) is 6.07 Å². The van der Waals surface area contributed by atoms with Gasteiger partial charge in [-0.2, -0.15) is 0 Å². The number of nitrogens with two attached hydrogens (primary N) is 1. The van der Waals surface area contributed by atoms with Crippen molar-refractivity contribution in [3.05, 3.63) is 48.2 Å². The molecule has 17 heavy (non-hydrogen) atoms. The Labute approximate surface area is 102 Å². The van der Waals surface area contributed by atoms with Crippen LogP contribution in [0.25, 0.3) is 0 Å². The summed E-state index contributed by atoms with van der Waals surface area (Å²) in [6, 6.07) is 6.46. The molecule has 0 radical (unpaired) electrons. The second kappa shape index (κ2) is 5.60. The maximum absolute atomic E-state index is 12.9. The van der Waals surface area contributed by atoms with Crippen LogP contribution in [0.15, 0.2) is 41.6 Å². The number of thioether (sulfide) groups is 1. The first-order valence-electron chi connectivity index (χ1n) is 4.94. The molecular weight excluding hydrogens is 239 g/mol. The number of nitrogen functional groups attached to an aromatic ring is 1. The fourth-order valence-electron chi connectivity index (χ4n) is 1.22. The van der Waals surface area contributed by atoms with Crippen LogP contribution in [0.5, 0.6) is 0 Å². The van der Waals surface area contributed by atoms with Crippen molar-refractivity contribution in [2.24, 2.45) is 5.84 Å². The largest absolute Gasteiger partial charge is 0.307 e. The normalized spacial score (nSPS) is 10.2. The van der Waals surface area contributed by atoms with E-state index in [9.17, 15) is 4.39 Å². The first-order valence-corrected chi connectivity index (χ1v) is 5.92. The Morgan fingerprint density at radius 1 is 1.29 bits per heavy atom. The third kappa shape index (κ3) is 3.40. The van der Waals surface area contributed by atoms with E-state index >= 15 is 0 Å². The lowest BCUT2D eigenvalue weighted by atomic mass is 10.4. The van der Waals surface area contributed by atoms with E-state index in [0.29, 0.717) is 11.6 Å². The summed E-state index contributed by atoms with van der Waals surface area (Å²) >= 11 is 1.51. The van der Waals surface area contributed by atoms with Crippen LogP contribution in [-0.2, 0) is 5.75 Å². The van der Waals surface area contributed by atoms with Crippen LogP contribution in [0.4, 0.5) is 10.2 Å². The van der Waals surface area contributed by atoms with Gasteiger partial charge in [0.25, 0.3) is 0 Å². The molecule has 0 saturated carbocycles. The van der Waals surface area contributed by atoms with Crippen LogP contribution < -0.4 is 11.3 Å². The van der Waals surface area contributed by atoms with Crippen molar-refractivity contribution in [3.63, 3.8) is 0 Å². The zero-order valence-corrected chi connectivity index (χ0v) is 9.75. The molecule has 0 amide bonds. The fraction of sp³-hybridized carbons (Fsp3) is 0.0909. The molecule has 2 aromatic rings. The zero-order chi connectivity index (χ0) is 12.1. The molecule has 0 unspecified atom stereocenters. The predicted octanol–water partition coefficient (Wildman–Crippen LogP) is 2.19. The average molecular weight is 250 g/mol. The van der Waals surface area contributed by atoms with Crippen LogP contribution >= 0.6 is 11.8 Å². The first kappa shape index (κ1) is 11.8. The number of hydrogen-bond acceptors (Lipinski definition) is 5. The fourth-order valence-corrected chi connectivity index (χ4v) is 2.05. The Hall–Kier alpha value is -1.66. The lowest BCUT2D eigenvalue weighted by Crippen LogP contribution is -2.08. The second-order valence-electron chi connectivity index (χ2n) is 3.28. The highest BCUT2D eigenvalue weighted by Crippen LogP contribution is 2.22. The van der Waals surface area contributed by atoms with Gasteiger partial charge in [-0.25, -0.2) is 15.2 Å². The number of hydrogen-bond donors (Lipinski definition) is 2. The molecule has 1 aromatic heterocycles. The maximum Gasteiger partial charge on any atom is 0.158 e. The number of anilines is 1. The number of benzene rings is 1. The SMILES string of the molecule is NNc1cnc(CSc2cccc(F)c2)cn1. The standard InChI is InChI=1S/C11H11FN4S/c12-8-2-1-3-10(4-8)17-7-9-5-15-11(16-13)6-14-9/h1-6H,7,13H2,(H,15,16). The minimum atomic E-state index is -0.233. The molecule has 0 aliphatic carbocycles. The minimum absolute atomic E-state index is 0.233. The van der Waals surface area contributed by atoms with Crippen LogP contribution in [0.1, 0.15) is 5.69 Å². The number of hydrazine groups is 1. The molecule has 0 bridgehead atoms. The van der Waals surface area contributed by atoms with Gasteiger partial charge in [-0.3, -0.25) is 4.98 Å². The average Bonchev–Trinajstić information content (AvgIpc) is 2.37. The zero-order valence-electron chi connectivity index (χ0n) is 8.93. The van der Waals surface area contributed by atoms with Crippen molar-refractivity contribution >= 4 is 17.6 Å². The Balaban J connectivity index is 1.97. The van der Waals surface area contributed by atoms with E-state index in [1.807, 2.05) is 6.07 Å². The maximum atomic E-state index is 12.9. The molecule has 0 saturated heterocycles. The molecule has 0 spiro atoms. The van der Waals surface area contributed by atoms with E-state index in [4.69, 9.17) is 5.84 Å². The van der Waals surface area contributed by atoms with Crippen molar-refractivity contribution in [3.8, 4) is 0 Å². The monoisotopic (exact) mass is 250 g/mol. The molecule has 6 heteroatoms. The highest BCUT2D eigenvalue weighted by Gasteiger charge is 2.00. The highest BCUT2D eigenvalue weighted by atomic mass is 32.2. The summed E-state index contributed by atoms with van der Waals surface area (Å²) in [5, 5.41) is 0. The molecule has 0 fully saturated rings. The third-order valence-electron chi connectivity index (χ3n) is 2.04. The summed E-state index contributed by atoms with van der Waals surface area (Å²) < 4.78 is 12.9. The van der Waals surface area contributed by atoms with Gasteiger partial charge in [0.05, 0.1) is 18.1 Å². The summed E-state index contributed by atoms with van der Waals surface area (Å²) in [5.41, 5.74) is 3.22. The van der Waals surface area contributed by atoms with Gasteiger partial charge in [0.1, 0.15) is 5.82 Å². The minimum Gasteiger partial charge on any atom is -0.307 e. The van der Waals surface area contributed by atoms with Crippen LogP contribution in [-0.4, -0.2) is 9.97 Å². The summed E-state index contributed by atoms with van der Waals surface area (Å²) in [6.07, 6.45) is 3.20. The molecule has 0 aliphatic rings. The molecule has 1 heterocycles. The summed E-state index contributed by atoms with van der Waals surface area (Å²) in [4.78, 5) is 9.08. The molecular formula is C11H11FN4S. The van der Waals surface area contributed by atoms with Gasteiger partial charge < -0.3 is 5.43 Å². The van der Waals surface area contributed by atoms with E-state index in [-0.39, 0.29) is 5.82 Å². The number of nitrogens with zero attached hydrogens (tertiary/aromatic N) is 2. The van der Waals surface area contributed by atoms with E-state index in [2.05, 4.69) is 15.4 Å². The van der Waals surface area contributed by atoms with Crippen LogP contribution in [0.3, 0.4) is 0 Å². The van der Waals surface area contributed by atoms with Crippen molar-refractivity contribution in [1.82, 2.24) is 9.97 Å². The van der Waals surface area contributed by atoms with Crippen molar-refractivity contribution in [2.45, 2.75) is 10.6 Å². The second-order valence-corrected chi connectivity index (χ2v) is 4.33. The van der Waals surface area contributed by atoms with Gasteiger partial charge in [0, 0.05) is 10.6 Å². The summed E-state index contributed by atoms with van der Waals surface area (Å²) in [5.74, 6) is 6.11. The first-order chi connectivity index (χ1) is 8.28. The molecule has 3 N–H and O–H groups in total. The number of nitrogens with one attached hydrogen (secondary N) is 1. The molecule has 0 aliphatic heterocycles. The van der Waals surface area contributed by atoms with Crippen molar-refractivity contribution in [2.75, 3.05) is 5.43 Å². The quantitative estimate of drug-likeness (QED) is 0.495. The van der Waals surface area contributed by atoms with Gasteiger partial charge in [0.2, 0.25) is 0 Å². The topological polar surface area (TPSA) is 63.8 Å². The molecule has 88 valence electrons. The van der Waals surface area contributed by atoms with E-state index < -0.39 is 0 Å². The summed E-state index contributed by atoms with van der Waals surface area (Å²) in [7, 11) is 0. The number of halogens is 1. The van der Waals surface area contributed by atoms with E-state index in [0.717, 1.165) is 10.6 Å². The Kier molecular flexibility index (Phi) is 3.89. The Bertz CT molecular complexity index is 489. The van der Waals surface area contributed by atoms with Gasteiger partial charge >= 0.3 is 0 Å². The van der Waals surface area contributed by atoms with Crippen molar-refractivity contribution in [1.29, 1.82) is 0 Å². The van der Waals surface area contributed by atoms with Gasteiger partial charge in [-0.05, 0) is 18.2 Å². The number of aromatic nitrogens is 2. The Morgan fingerprint density at radius 3 is 2.82 bits per heavy atom. The van der Waals surface area contributed by atoms with Gasteiger partial charge in [-0.15, -0.1) is 11.8 Å². The van der Waals surface area contributed by atoms with Crippen molar-refractivity contribution < 1.29 is 4.39 Å². The third-order valence-corrected chi connectivity index (χ3v) is 3.06. The molecule has 0 atom stereocenters. The Morgan fingerprint density at radius 2 is 2.18 bits per heavy atom. The summed E-state index contributed by atoms with van der Waals surface area (Å²) in [6.45, 7) is 0. The number of rotatable bonds is 4. The molecule has 1 aromatic carbocycles. The lowest BCUT2D eigenvalue weighted by Gasteiger charge is -2.02. The molecule has 4 nitrogen and oxygen atoms in total. The lowest BCUT2D eigenvalue weighted by molar-refractivity contribution is 0.624.